The first kappa shape index (κ1) is 14.7. The molecule has 0 saturated heterocycles. The molecule has 5 heteroatoms. The van der Waals surface area contributed by atoms with Gasteiger partial charge in [-0.05, 0) is 30.2 Å². The first-order valence-corrected chi connectivity index (χ1v) is 6.80. The Bertz CT molecular complexity index is 437. The van der Waals surface area contributed by atoms with Crippen LogP contribution in [0, 0.1) is 12.8 Å². The predicted octanol–water partition coefficient (Wildman–Crippen LogP) is 3.22. The number of thiophene rings is 1. The van der Waals surface area contributed by atoms with Gasteiger partial charge in [0.2, 0.25) is 5.91 Å². The molecule has 4 nitrogen and oxygen atoms in total. The van der Waals surface area contributed by atoms with E-state index in [1.165, 1.54) is 18.4 Å². The molecule has 0 aliphatic rings. The van der Waals surface area contributed by atoms with Crippen molar-refractivity contribution < 1.29 is 14.3 Å². The largest absolute Gasteiger partial charge is 0.465 e. The van der Waals surface area contributed by atoms with Gasteiger partial charge in [0, 0.05) is 6.42 Å². The molecule has 0 saturated carbocycles. The smallest absolute Gasteiger partial charge is 0.350 e. The first-order valence-electron chi connectivity index (χ1n) is 5.92. The van der Waals surface area contributed by atoms with E-state index >= 15 is 0 Å². The minimum absolute atomic E-state index is 0.0599. The number of rotatable bonds is 5. The topological polar surface area (TPSA) is 55.4 Å². The SMILES string of the molecule is COC(=O)c1scc(C)c1NC(=O)CCC(C)C. The van der Waals surface area contributed by atoms with Gasteiger partial charge >= 0.3 is 5.97 Å². The fourth-order valence-electron chi connectivity index (χ4n) is 1.46. The Morgan fingerprint density at radius 1 is 1.44 bits per heavy atom. The molecule has 0 fully saturated rings. The van der Waals surface area contributed by atoms with Gasteiger partial charge in [0.05, 0.1) is 12.8 Å². The number of nitrogens with one attached hydrogen (secondary N) is 1. The quantitative estimate of drug-likeness (QED) is 0.835. The highest BCUT2D eigenvalue weighted by Crippen LogP contribution is 2.28. The summed E-state index contributed by atoms with van der Waals surface area (Å²) in [6, 6.07) is 0. The van der Waals surface area contributed by atoms with Gasteiger partial charge in [0.15, 0.2) is 0 Å². The van der Waals surface area contributed by atoms with Crippen LogP contribution in [0.15, 0.2) is 5.38 Å². The number of carbonyl (C=O) groups excluding carboxylic acids is 2. The lowest BCUT2D eigenvalue weighted by Gasteiger charge is -2.08. The zero-order chi connectivity index (χ0) is 13.7. The van der Waals surface area contributed by atoms with Crippen LogP contribution in [0.1, 0.15) is 41.9 Å². The van der Waals surface area contributed by atoms with Crippen molar-refractivity contribution in [2.45, 2.75) is 33.6 Å². The first-order chi connectivity index (χ1) is 8.45. The van der Waals surface area contributed by atoms with Crippen LogP contribution in [0.4, 0.5) is 5.69 Å². The zero-order valence-corrected chi connectivity index (χ0v) is 12.0. The number of carbonyl (C=O) groups is 2. The molecule has 1 aromatic heterocycles. The molecular formula is C13H19NO3S. The lowest BCUT2D eigenvalue weighted by atomic mass is 10.1. The van der Waals surface area contributed by atoms with Crippen LogP contribution in [-0.4, -0.2) is 19.0 Å². The van der Waals surface area contributed by atoms with E-state index in [4.69, 9.17) is 4.74 Å². The summed E-state index contributed by atoms with van der Waals surface area (Å²) in [6.45, 7) is 6.01. The standard InChI is InChI=1S/C13H19NO3S/c1-8(2)5-6-10(15)14-11-9(3)7-18-12(11)13(16)17-4/h7-8H,5-6H2,1-4H3,(H,14,15). The van der Waals surface area contributed by atoms with Gasteiger partial charge in [-0.25, -0.2) is 4.79 Å². The molecule has 1 rings (SSSR count). The predicted molar refractivity (Wildman–Crippen MR) is 73.1 cm³/mol. The van der Waals surface area contributed by atoms with Crippen molar-refractivity contribution in [1.82, 2.24) is 0 Å². The number of aryl methyl sites for hydroxylation is 1. The number of amides is 1. The molecular weight excluding hydrogens is 250 g/mol. The molecule has 1 heterocycles. The monoisotopic (exact) mass is 269 g/mol. The third kappa shape index (κ3) is 3.84. The number of methoxy groups -OCH3 is 1. The highest BCUT2D eigenvalue weighted by Gasteiger charge is 2.18. The van der Waals surface area contributed by atoms with Crippen LogP contribution in [0.2, 0.25) is 0 Å². The maximum Gasteiger partial charge on any atom is 0.350 e. The van der Waals surface area contributed by atoms with Crippen molar-refractivity contribution in [2.75, 3.05) is 12.4 Å². The van der Waals surface area contributed by atoms with Crippen LogP contribution >= 0.6 is 11.3 Å². The average Bonchev–Trinajstić information content (AvgIpc) is 2.68. The molecule has 0 aromatic carbocycles. The minimum Gasteiger partial charge on any atom is -0.465 e. The average molecular weight is 269 g/mol. The van der Waals surface area contributed by atoms with Crippen molar-refractivity contribution in [2.24, 2.45) is 5.92 Å². The molecule has 0 atom stereocenters. The van der Waals surface area contributed by atoms with Gasteiger partial charge in [-0.1, -0.05) is 13.8 Å². The van der Waals surface area contributed by atoms with Gasteiger partial charge in [-0.15, -0.1) is 11.3 Å². The highest BCUT2D eigenvalue weighted by molar-refractivity contribution is 7.12. The van der Waals surface area contributed by atoms with Crippen molar-refractivity contribution >= 4 is 28.9 Å². The molecule has 0 unspecified atom stereocenters. The number of ether oxygens (including phenoxy) is 1. The Morgan fingerprint density at radius 2 is 2.11 bits per heavy atom. The highest BCUT2D eigenvalue weighted by atomic mass is 32.1. The van der Waals surface area contributed by atoms with E-state index in [0.717, 1.165) is 12.0 Å². The van der Waals surface area contributed by atoms with E-state index in [2.05, 4.69) is 19.2 Å². The third-order valence-corrected chi connectivity index (χ3v) is 3.64. The Morgan fingerprint density at radius 3 is 2.67 bits per heavy atom. The van der Waals surface area contributed by atoms with Gasteiger partial charge in [-0.2, -0.15) is 0 Å². The molecule has 1 amide bonds. The van der Waals surface area contributed by atoms with Gasteiger partial charge in [-0.3, -0.25) is 4.79 Å². The maximum absolute atomic E-state index is 11.8. The summed E-state index contributed by atoms with van der Waals surface area (Å²) in [5.41, 5.74) is 1.47. The van der Waals surface area contributed by atoms with E-state index in [9.17, 15) is 9.59 Å². The Labute approximate surface area is 111 Å². The van der Waals surface area contributed by atoms with E-state index in [1.807, 2.05) is 12.3 Å². The van der Waals surface area contributed by atoms with Crippen LogP contribution in [0.3, 0.4) is 0 Å². The molecule has 100 valence electrons. The summed E-state index contributed by atoms with van der Waals surface area (Å²) in [5, 5.41) is 4.64. The van der Waals surface area contributed by atoms with Crippen molar-refractivity contribution in [3.05, 3.63) is 15.8 Å². The number of hydrogen-bond donors (Lipinski definition) is 1. The van der Waals surface area contributed by atoms with Crippen LogP contribution in [-0.2, 0) is 9.53 Å². The summed E-state index contributed by atoms with van der Waals surface area (Å²) in [7, 11) is 1.34. The maximum atomic E-state index is 11.8. The summed E-state index contributed by atoms with van der Waals surface area (Å²) in [4.78, 5) is 23.8. The van der Waals surface area contributed by atoms with E-state index in [0.29, 0.717) is 22.9 Å². The molecule has 18 heavy (non-hydrogen) atoms. The number of esters is 1. The Balaban J connectivity index is 2.74. The van der Waals surface area contributed by atoms with Crippen molar-refractivity contribution in [1.29, 1.82) is 0 Å². The van der Waals surface area contributed by atoms with Gasteiger partial charge in [0.1, 0.15) is 4.88 Å². The van der Waals surface area contributed by atoms with Crippen LogP contribution < -0.4 is 5.32 Å². The second-order valence-corrected chi connectivity index (χ2v) is 5.47. The Kier molecular flexibility index (Phi) is 5.34. The lowest BCUT2D eigenvalue weighted by Crippen LogP contribution is -2.14. The van der Waals surface area contributed by atoms with Gasteiger partial charge < -0.3 is 10.1 Å². The number of hydrogen-bond acceptors (Lipinski definition) is 4. The summed E-state index contributed by atoms with van der Waals surface area (Å²) in [5.74, 6) is 0.0158. The molecule has 0 spiro atoms. The normalized spacial score (nSPS) is 10.5. The summed E-state index contributed by atoms with van der Waals surface area (Å²) in [6.07, 6.45) is 1.30. The molecule has 1 aromatic rings. The van der Waals surface area contributed by atoms with E-state index in [-0.39, 0.29) is 5.91 Å². The van der Waals surface area contributed by atoms with Crippen molar-refractivity contribution in [3.8, 4) is 0 Å². The van der Waals surface area contributed by atoms with Gasteiger partial charge in [0.25, 0.3) is 0 Å². The minimum atomic E-state index is -0.410. The fraction of sp³-hybridized carbons (Fsp3) is 0.538. The van der Waals surface area contributed by atoms with E-state index in [1.54, 1.807) is 0 Å². The Hall–Kier alpha value is -1.36. The zero-order valence-electron chi connectivity index (χ0n) is 11.2. The number of anilines is 1. The second-order valence-electron chi connectivity index (χ2n) is 4.60. The fourth-order valence-corrected chi connectivity index (χ4v) is 2.39. The van der Waals surface area contributed by atoms with Crippen LogP contribution in [0.25, 0.3) is 0 Å². The summed E-state index contributed by atoms with van der Waals surface area (Å²) < 4.78 is 4.69. The molecule has 0 aliphatic carbocycles. The third-order valence-electron chi connectivity index (χ3n) is 2.56. The van der Waals surface area contributed by atoms with Crippen molar-refractivity contribution in [3.63, 3.8) is 0 Å². The molecule has 0 radical (unpaired) electrons. The van der Waals surface area contributed by atoms with E-state index < -0.39 is 5.97 Å². The molecule has 0 aliphatic heterocycles. The molecule has 0 bridgehead atoms. The summed E-state index contributed by atoms with van der Waals surface area (Å²) >= 11 is 1.29. The van der Waals surface area contributed by atoms with Crippen LogP contribution in [0.5, 0.6) is 0 Å². The lowest BCUT2D eigenvalue weighted by molar-refractivity contribution is -0.116. The second kappa shape index (κ2) is 6.54. The molecule has 1 N–H and O–H groups in total.